The number of terminal acetylenes is 1. The van der Waals surface area contributed by atoms with Gasteiger partial charge in [-0.1, -0.05) is 18.8 Å². The number of nitrogens with zero attached hydrogens (tertiary/aromatic N) is 2. The van der Waals surface area contributed by atoms with Crippen LogP contribution in [0, 0.1) is 18.3 Å². The van der Waals surface area contributed by atoms with Crippen molar-refractivity contribution in [1.82, 2.24) is 15.5 Å². The highest BCUT2D eigenvalue weighted by atomic mass is 127. The van der Waals surface area contributed by atoms with Gasteiger partial charge in [-0.25, -0.2) is 4.99 Å². The number of amides is 1. The predicted molar refractivity (Wildman–Crippen MR) is 100 cm³/mol. The third kappa shape index (κ3) is 5.34. The van der Waals surface area contributed by atoms with Crippen LogP contribution < -0.4 is 10.6 Å². The number of guanidine groups is 1. The Hall–Kier alpha value is -0.970. The molecular formula is C16H27IN4O. The maximum absolute atomic E-state index is 12.4. The summed E-state index contributed by atoms with van der Waals surface area (Å²) in [6.45, 7) is 4.82. The van der Waals surface area contributed by atoms with Gasteiger partial charge in [0.15, 0.2) is 5.96 Å². The summed E-state index contributed by atoms with van der Waals surface area (Å²) in [7, 11) is 0. The Morgan fingerprint density at radius 1 is 1.36 bits per heavy atom. The molecule has 1 aliphatic heterocycles. The summed E-state index contributed by atoms with van der Waals surface area (Å²) < 4.78 is 0. The minimum Gasteiger partial charge on any atom is -0.357 e. The molecule has 1 amide bonds. The molecular weight excluding hydrogens is 391 g/mol. The molecule has 0 aromatic carbocycles. The van der Waals surface area contributed by atoms with Crippen LogP contribution in [0.5, 0.6) is 0 Å². The quantitative estimate of drug-likeness (QED) is 0.316. The van der Waals surface area contributed by atoms with Crippen molar-refractivity contribution in [2.24, 2.45) is 10.9 Å². The molecule has 1 unspecified atom stereocenters. The van der Waals surface area contributed by atoms with Crippen LogP contribution in [0.25, 0.3) is 0 Å². The first-order chi connectivity index (χ1) is 10.2. The third-order valence-corrected chi connectivity index (χ3v) is 4.22. The van der Waals surface area contributed by atoms with Crippen molar-refractivity contribution >= 4 is 35.8 Å². The summed E-state index contributed by atoms with van der Waals surface area (Å²) in [6.07, 6.45) is 10.8. The topological polar surface area (TPSA) is 56.7 Å². The summed E-state index contributed by atoms with van der Waals surface area (Å²) in [6, 6.07) is 0.269. The van der Waals surface area contributed by atoms with E-state index >= 15 is 0 Å². The fourth-order valence-electron chi connectivity index (χ4n) is 3.15. The molecule has 2 rings (SSSR count). The van der Waals surface area contributed by atoms with Crippen LogP contribution in [-0.4, -0.2) is 49.0 Å². The largest absolute Gasteiger partial charge is 0.357 e. The third-order valence-electron chi connectivity index (χ3n) is 4.22. The normalized spacial score (nSPS) is 22.1. The van der Waals surface area contributed by atoms with E-state index in [1.54, 1.807) is 0 Å². The Labute approximate surface area is 150 Å². The van der Waals surface area contributed by atoms with E-state index in [0.29, 0.717) is 12.5 Å². The second kappa shape index (κ2) is 9.93. The van der Waals surface area contributed by atoms with Crippen molar-refractivity contribution in [3.8, 4) is 12.3 Å². The molecule has 0 bridgehead atoms. The number of hydrogen-bond acceptors (Lipinski definition) is 2. The Bertz CT molecular complexity index is 426. The fourth-order valence-corrected chi connectivity index (χ4v) is 3.15. The average molecular weight is 418 g/mol. The van der Waals surface area contributed by atoms with Gasteiger partial charge in [0.05, 0.1) is 0 Å². The van der Waals surface area contributed by atoms with Gasteiger partial charge in [-0.15, -0.1) is 30.4 Å². The van der Waals surface area contributed by atoms with Gasteiger partial charge >= 0.3 is 0 Å². The first-order valence-electron chi connectivity index (χ1n) is 8.01. The molecule has 5 nitrogen and oxygen atoms in total. The minimum absolute atomic E-state index is 0. The molecule has 2 aliphatic rings. The second-order valence-electron chi connectivity index (χ2n) is 5.79. The number of hydrogen-bond donors (Lipinski definition) is 2. The number of rotatable bonds is 4. The smallest absolute Gasteiger partial charge is 0.225 e. The summed E-state index contributed by atoms with van der Waals surface area (Å²) >= 11 is 0. The first kappa shape index (κ1) is 19.1. The Morgan fingerprint density at radius 2 is 2.09 bits per heavy atom. The number of carbonyl (C=O) groups is 1. The van der Waals surface area contributed by atoms with E-state index in [1.165, 1.54) is 12.8 Å². The van der Waals surface area contributed by atoms with Crippen LogP contribution in [0.1, 0.15) is 39.0 Å². The molecule has 124 valence electrons. The van der Waals surface area contributed by atoms with E-state index in [1.807, 2.05) is 11.8 Å². The van der Waals surface area contributed by atoms with Gasteiger partial charge in [-0.3, -0.25) is 4.79 Å². The lowest BCUT2D eigenvalue weighted by atomic mass is 10.1. The van der Waals surface area contributed by atoms with Crippen molar-refractivity contribution in [2.45, 2.75) is 45.1 Å². The maximum atomic E-state index is 12.4. The molecule has 1 atom stereocenters. The van der Waals surface area contributed by atoms with Gasteiger partial charge in [-0.05, 0) is 26.2 Å². The second-order valence-corrected chi connectivity index (χ2v) is 5.79. The highest BCUT2D eigenvalue weighted by Gasteiger charge is 2.32. The molecule has 1 heterocycles. The van der Waals surface area contributed by atoms with Crippen LogP contribution in [-0.2, 0) is 4.79 Å². The van der Waals surface area contributed by atoms with E-state index in [2.05, 4.69) is 21.5 Å². The molecule has 2 N–H and O–H groups in total. The summed E-state index contributed by atoms with van der Waals surface area (Å²) in [5.41, 5.74) is 0. The molecule has 22 heavy (non-hydrogen) atoms. The van der Waals surface area contributed by atoms with Crippen molar-refractivity contribution < 1.29 is 4.79 Å². The maximum Gasteiger partial charge on any atom is 0.225 e. The van der Waals surface area contributed by atoms with Crippen molar-refractivity contribution in [3.05, 3.63) is 0 Å². The Morgan fingerprint density at radius 3 is 2.73 bits per heavy atom. The zero-order chi connectivity index (χ0) is 15.1. The van der Waals surface area contributed by atoms with E-state index in [0.717, 1.165) is 44.9 Å². The lowest BCUT2D eigenvalue weighted by Gasteiger charge is -2.21. The molecule has 0 aromatic rings. The summed E-state index contributed by atoms with van der Waals surface area (Å²) in [5.74, 6) is 3.88. The standard InChI is InChI=1S/C16H26N4O.HI/c1-3-10-18-16(17-4-2)19-14-9-11-20(12-14)15(21)13-7-5-6-8-13;/h1,13-14H,4-12H2,2H3,(H2,17,18,19);1H. The summed E-state index contributed by atoms with van der Waals surface area (Å²) in [4.78, 5) is 18.7. The molecule has 2 fully saturated rings. The van der Waals surface area contributed by atoms with Gasteiger partial charge in [0.2, 0.25) is 5.91 Å². The molecule has 0 spiro atoms. The van der Waals surface area contributed by atoms with Gasteiger partial charge in [-0.2, -0.15) is 0 Å². The fraction of sp³-hybridized carbons (Fsp3) is 0.750. The van der Waals surface area contributed by atoms with Gasteiger partial charge in [0, 0.05) is 31.6 Å². The van der Waals surface area contributed by atoms with Gasteiger partial charge in [0.1, 0.15) is 6.54 Å². The van der Waals surface area contributed by atoms with Crippen LogP contribution in [0.4, 0.5) is 0 Å². The van der Waals surface area contributed by atoms with E-state index < -0.39 is 0 Å². The van der Waals surface area contributed by atoms with Crippen molar-refractivity contribution in [2.75, 3.05) is 26.2 Å². The predicted octanol–water partition coefficient (Wildman–Crippen LogP) is 1.58. The van der Waals surface area contributed by atoms with Crippen LogP contribution in [0.2, 0.25) is 0 Å². The average Bonchev–Trinajstić information content (AvgIpc) is 3.15. The van der Waals surface area contributed by atoms with Crippen molar-refractivity contribution in [3.63, 3.8) is 0 Å². The van der Waals surface area contributed by atoms with E-state index in [-0.39, 0.29) is 35.9 Å². The van der Waals surface area contributed by atoms with Crippen molar-refractivity contribution in [1.29, 1.82) is 0 Å². The van der Waals surface area contributed by atoms with Gasteiger partial charge < -0.3 is 15.5 Å². The zero-order valence-electron chi connectivity index (χ0n) is 13.3. The molecule has 0 aromatic heterocycles. The Balaban J connectivity index is 0.00000242. The molecule has 1 saturated carbocycles. The van der Waals surface area contributed by atoms with Gasteiger partial charge in [0.25, 0.3) is 0 Å². The lowest BCUT2D eigenvalue weighted by molar-refractivity contribution is -0.134. The number of likely N-dealkylation sites (tertiary alicyclic amines) is 1. The Kier molecular flexibility index (Phi) is 8.61. The lowest BCUT2D eigenvalue weighted by Crippen LogP contribution is -2.45. The van der Waals surface area contributed by atoms with Crippen LogP contribution >= 0.6 is 24.0 Å². The number of halogens is 1. The molecule has 6 heteroatoms. The van der Waals surface area contributed by atoms with Crippen LogP contribution in [0.3, 0.4) is 0 Å². The zero-order valence-corrected chi connectivity index (χ0v) is 15.6. The van der Waals surface area contributed by atoms with Crippen LogP contribution in [0.15, 0.2) is 4.99 Å². The molecule has 1 saturated heterocycles. The number of aliphatic imine (C=N–C) groups is 1. The summed E-state index contributed by atoms with van der Waals surface area (Å²) in [5, 5.41) is 6.56. The number of nitrogens with one attached hydrogen (secondary N) is 2. The number of carbonyl (C=O) groups excluding carboxylic acids is 1. The SMILES string of the molecule is C#CCN=C(NCC)NC1CCN(C(=O)C2CCCC2)C1.I. The molecule has 0 radical (unpaired) electrons. The molecule has 1 aliphatic carbocycles. The highest BCUT2D eigenvalue weighted by Crippen LogP contribution is 2.27. The minimum atomic E-state index is 0. The highest BCUT2D eigenvalue weighted by molar-refractivity contribution is 14.0. The van der Waals surface area contributed by atoms with E-state index in [4.69, 9.17) is 6.42 Å². The van der Waals surface area contributed by atoms with E-state index in [9.17, 15) is 4.79 Å². The monoisotopic (exact) mass is 418 g/mol. The first-order valence-corrected chi connectivity index (χ1v) is 8.01.